The van der Waals surface area contributed by atoms with Gasteiger partial charge in [0.2, 0.25) is 0 Å². The topological polar surface area (TPSA) is 35.2 Å². The van der Waals surface area contributed by atoms with Crippen LogP contribution in [0.3, 0.4) is 0 Å². The van der Waals surface area contributed by atoms with E-state index in [1.165, 1.54) is 7.11 Å². The van der Waals surface area contributed by atoms with Gasteiger partial charge in [0.25, 0.3) is 0 Å². The van der Waals surface area contributed by atoms with Crippen molar-refractivity contribution in [3.63, 3.8) is 0 Å². The van der Waals surface area contributed by atoms with Gasteiger partial charge in [0.05, 0.1) is 12.7 Å². The van der Waals surface area contributed by atoms with Gasteiger partial charge in [0.1, 0.15) is 5.75 Å². The van der Waals surface area contributed by atoms with Crippen molar-refractivity contribution < 1.29 is 17.9 Å². The summed E-state index contributed by atoms with van der Waals surface area (Å²) in [7, 11) is 1.23. The van der Waals surface area contributed by atoms with Gasteiger partial charge in [0.15, 0.2) is 0 Å². The number of benzene rings is 1. The van der Waals surface area contributed by atoms with Gasteiger partial charge in [-0.15, -0.1) is 0 Å². The number of nitrogens with two attached hydrogens (primary N) is 1. The highest BCUT2D eigenvalue weighted by molar-refractivity contribution is 9.10. The van der Waals surface area contributed by atoms with Crippen LogP contribution in [0.5, 0.6) is 5.75 Å². The molecule has 0 aliphatic rings. The first-order valence-corrected chi connectivity index (χ1v) is 6.06. The molecule has 0 radical (unpaired) electrons. The lowest BCUT2D eigenvalue weighted by Gasteiger charge is -2.22. The Hall–Kier alpha value is -0.750. The van der Waals surface area contributed by atoms with E-state index in [0.29, 0.717) is 16.5 Å². The summed E-state index contributed by atoms with van der Waals surface area (Å²) < 4.78 is 44.0. The lowest BCUT2D eigenvalue weighted by molar-refractivity contribution is -0.138. The molecule has 1 aromatic rings. The molecular formula is C12H15BrF3NO. The van der Waals surface area contributed by atoms with Crippen LogP contribution in [-0.4, -0.2) is 12.6 Å². The summed E-state index contributed by atoms with van der Waals surface area (Å²) in [5.74, 6) is -0.163. The lowest BCUT2D eigenvalue weighted by atomic mass is 9.94. The molecule has 2 nitrogen and oxygen atoms in total. The molecule has 2 N–H and O–H groups in total. The van der Waals surface area contributed by atoms with Gasteiger partial charge in [0, 0.05) is 10.0 Å². The van der Waals surface area contributed by atoms with Gasteiger partial charge in [-0.25, -0.2) is 0 Å². The third-order valence-corrected chi connectivity index (χ3v) is 2.74. The van der Waals surface area contributed by atoms with E-state index in [-0.39, 0.29) is 5.75 Å². The molecule has 0 heterocycles. The molecule has 0 spiro atoms. The summed E-state index contributed by atoms with van der Waals surface area (Å²) >= 11 is 3.08. The van der Waals surface area contributed by atoms with E-state index in [1.807, 2.05) is 0 Å². The van der Waals surface area contributed by atoms with Gasteiger partial charge in [-0.3, -0.25) is 0 Å². The first-order valence-electron chi connectivity index (χ1n) is 5.27. The highest BCUT2D eigenvalue weighted by Crippen LogP contribution is 2.40. The highest BCUT2D eigenvalue weighted by Gasteiger charge is 2.36. The maximum atomic E-state index is 12.9. The Morgan fingerprint density at radius 3 is 2.22 bits per heavy atom. The molecule has 0 amide bonds. The average molecular weight is 326 g/mol. The van der Waals surface area contributed by atoms with Crippen molar-refractivity contribution in [1.82, 2.24) is 0 Å². The summed E-state index contributed by atoms with van der Waals surface area (Å²) in [6.45, 7) is 3.50. The minimum atomic E-state index is -4.46. The quantitative estimate of drug-likeness (QED) is 0.918. The Kier molecular flexibility index (Phi) is 4.33. The summed E-state index contributed by atoms with van der Waals surface area (Å²) in [6, 6.07) is 2.61. The fourth-order valence-electron chi connectivity index (χ4n) is 1.72. The molecule has 6 heteroatoms. The molecule has 0 fully saturated rings. The van der Waals surface area contributed by atoms with Crippen LogP contribution in [-0.2, 0) is 12.6 Å². The normalized spacial score (nSPS) is 12.7. The predicted octanol–water partition coefficient (Wildman–Crippen LogP) is 3.76. The monoisotopic (exact) mass is 325 g/mol. The maximum absolute atomic E-state index is 12.9. The fraction of sp³-hybridized carbons (Fsp3) is 0.500. The molecule has 0 bridgehead atoms. The van der Waals surface area contributed by atoms with Crippen molar-refractivity contribution in [2.24, 2.45) is 5.73 Å². The van der Waals surface area contributed by atoms with Crippen molar-refractivity contribution >= 4 is 15.9 Å². The molecule has 0 saturated heterocycles. The van der Waals surface area contributed by atoms with Gasteiger partial charge in [-0.05, 0) is 38.0 Å². The molecule has 0 aliphatic heterocycles. The van der Waals surface area contributed by atoms with Crippen molar-refractivity contribution in [1.29, 1.82) is 0 Å². The summed E-state index contributed by atoms with van der Waals surface area (Å²) in [5, 5.41) is 0. The molecule has 0 saturated carbocycles. The Labute approximate surface area is 112 Å². The average Bonchev–Trinajstić information content (AvgIpc) is 2.12. The van der Waals surface area contributed by atoms with E-state index in [0.717, 1.165) is 6.07 Å². The van der Waals surface area contributed by atoms with Gasteiger partial charge >= 0.3 is 6.18 Å². The largest absolute Gasteiger partial charge is 0.496 e. The molecule has 1 aromatic carbocycles. The van der Waals surface area contributed by atoms with Crippen molar-refractivity contribution in [3.05, 3.63) is 27.7 Å². The number of hydrogen-bond donors (Lipinski definition) is 1. The Morgan fingerprint density at radius 2 is 1.83 bits per heavy atom. The molecule has 0 aromatic heterocycles. The predicted molar refractivity (Wildman–Crippen MR) is 67.7 cm³/mol. The second-order valence-corrected chi connectivity index (χ2v) is 5.72. The SMILES string of the molecule is COc1c(CC(C)(C)N)cc(Br)cc1C(F)(F)F. The zero-order valence-electron chi connectivity index (χ0n) is 10.4. The number of halogens is 4. The Bertz CT molecular complexity index is 438. The lowest BCUT2D eigenvalue weighted by Crippen LogP contribution is -2.34. The van der Waals surface area contributed by atoms with Crippen LogP contribution in [0, 0.1) is 0 Å². The summed E-state index contributed by atoms with van der Waals surface area (Å²) in [5.41, 5.74) is 4.88. The van der Waals surface area contributed by atoms with E-state index in [1.54, 1.807) is 19.9 Å². The smallest absolute Gasteiger partial charge is 0.420 e. The van der Waals surface area contributed by atoms with Gasteiger partial charge in [-0.2, -0.15) is 13.2 Å². The summed E-state index contributed by atoms with van der Waals surface area (Å²) in [4.78, 5) is 0. The Morgan fingerprint density at radius 1 is 1.28 bits per heavy atom. The van der Waals surface area contributed by atoms with E-state index in [9.17, 15) is 13.2 Å². The van der Waals surface area contributed by atoms with Crippen molar-refractivity contribution in [2.75, 3.05) is 7.11 Å². The molecule has 0 unspecified atom stereocenters. The minimum absolute atomic E-state index is 0.163. The number of methoxy groups -OCH3 is 1. The Balaban J connectivity index is 3.39. The van der Waals surface area contributed by atoms with Crippen LogP contribution < -0.4 is 10.5 Å². The molecular weight excluding hydrogens is 311 g/mol. The van der Waals surface area contributed by atoms with Crippen LogP contribution in [0.4, 0.5) is 13.2 Å². The molecule has 18 heavy (non-hydrogen) atoms. The zero-order valence-corrected chi connectivity index (χ0v) is 11.9. The van der Waals surface area contributed by atoms with Crippen LogP contribution in [0.1, 0.15) is 25.0 Å². The number of alkyl halides is 3. The van der Waals surface area contributed by atoms with Crippen LogP contribution in [0.15, 0.2) is 16.6 Å². The van der Waals surface area contributed by atoms with E-state index in [2.05, 4.69) is 15.9 Å². The third-order valence-electron chi connectivity index (χ3n) is 2.29. The van der Waals surface area contributed by atoms with Crippen molar-refractivity contribution in [2.45, 2.75) is 32.0 Å². The van der Waals surface area contributed by atoms with E-state index >= 15 is 0 Å². The maximum Gasteiger partial charge on any atom is 0.420 e. The second kappa shape index (κ2) is 5.09. The van der Waals surface area contributed by atoms with Gasteiger partial charge < -0.3 is 10.5 Å². The first-order chi connectivity index (χ1) is 8.04. The highest BCUT2D eigenvalue weighted by atomic mass is 79.9. The van der Waals surface area contributed by atoms with E-state index in [4.69, 9.17) is 10.5 Å². The third kappa shape index (κ3) is 3.88. The molecule has 0 atom stereocenters. The molecule has 102 valence electrons. The number of hydrogen-bond acceptors (Lipinski definition) is 2. The summed E-state index contributed by atoms with van der Waals surface area (Å²) in [6.07, 6.45) is -4.17. The minimum Gasteiger partial charge on any atom is -0.496 e. The molecule has 1 rings (SSSR count). The van der Waals surface area contributed by atoms with Gasteiger partial charge in [-0.1, -0.05) is 15.9 Å². The first kappa shape index (κ1) is 15.3. The number of rotatable bonds is 3. The molecule has 0 aliphatic carbocycles. The standard InChI is InChI=1S/C12H15BrF3NO/c1-11(2,17)6-7-4-8(13)5-9(10(7)18-3)12(14,15)16/h4-5H,6,17H2,1-3H3. The van der Waals surface area contributed by atoms with Crippen molar-refractivity contribution in [3.8, 4) is 5.75 Å². The van der Waals surface area contributed by atoms with Crippen LogP contribution >= 0.6 is 15.9 Å². The number of ether oxygens (including phenoxy) is 1. The fourth-order valence-corrected chi connectivity index (χ4v) is 2.23. The second-order valence-electron chi connectivity index (χ2n) is 4.81. The van der Waals surface area contributed by atoms with Crippen LogP contribution in [0.2, 0.25) is 0 Å². The van der Waals surface area contributed by atoms with Crippen LogP contribution in [0.25, 0.3) is 0 Å². The van der Waals surface area contributed by atoms with E-state index < -0.39 is 17.3 Å². The zero-order chi connectivity index (χ0) is 14.1.